The summed E-state index contributed by atoms with van der Waals surface area (Å²) in [7, 11) is 0. The standard InChI is InChI=1S/C11H14N4S/c1-8(2)15-7-13-5-10(15)4-3-9-6-16-11(12)14-9/h3-8H,1-2H3,(H2,12,14)/b4-3+. The minimum atomic E-state index is 0.405. The molecule has 0 saturated carbocycles. The number of hydrogen-bond donors (Lipinski definition) is 1. The van der Waals surface area contributed by atoms with E-state index in [1.54, 1.807) is 0 Å². The van der Waals surface area contributed by atoms with Gasteiger partial charge in [-0.15, -0.1) is 11.3 Å². The molecule has 0 saturated heterocycles. The van der Waals surface area contributed by atoms with Crippen molar-refractivity contribution in [2.45, 2.75) is 19.9 Å². The minimum absolute atomic E-state index is 0.405. The van der Waals surface area contributed by atoms with Gasteiger partial charge in [0.25, 0.3) is 0 Å². The van der Waals surface area contributed by atoms with Gasteiger partial charge in [-0.2, -0.15) is 0 Å². The Kier molecular flexibility index (Phi) is 3.05. The van der Waals surface area contributed by atoms with Crippen LogP contribution in [-0.2, 0) is 0 Å². The summed E-state index contributed by atoms with van der Waals surface area (Å²) in [6, 6.07) is 0.405. The fourth-order valence-corrected chi connectivity index (χ4v) is 1.95. The minimum Gasteiger partial charge on any atom is -0.375 e. The van der Waals surface area contributed by atoms with Crippen molar-refractivity contribution < 1.29 is 0 Å². The fraction of sp³-hybridized carbons (Fsp3) is 0.273. The summed E-state index contributed by atoms with van der Waals surface area (Å²) in [5.41, 5.74) is 7.52. The molecule has 2 rings (SSSR count). The third kappa shape index (κ3) is 2.30. The van der Waals surface area contributed by atoms with E-state index < -0.39 is 0 Å². The van der Waals surface area contributed by atoms with Gasteiger partial charge in [-0.05, 0) is 26.0 Å². The van der Waals surface area contributed by atoms with Gasteiger partial charge in [0.1, 0.15) is 0 Å². The Balaban J connectivity index is 2.20. The maximum Gasteiger partial charge on any atom is 0.180 e. The summed E-state index contributed by atoms with van der Waals surface area (Å²) in [6.07, 6.45) is 7.62. The van der Waals surface area contributed by atoms with E-state index in [9.17, 15) is 0 Å². The van der Waals surface area contributed by atoms with Gasteiger partial charge in [-0.25, -0.2) is 9.97 Å². The van der Waals surface area contributed by atoms with Gasteiger partial charge in [0, 0.05) is 11.4 Å². The topological polar surface area (TPSA) is 56.7 Å². The summed E-state index contributed by atoms with van der Waals surface area (Å²) < 4.78 is 2.10. The van der Waals surface area contributed by atoms with Crippen LogP contribution >= 0.6 is 11.3 Å². The lowest BCUT2D eigenvalue weighted by Gasteiger charge is -2.08. The molecule has 2 heterocycles. The summed E-state index contributed by atoms with van der Waals surface area (Å²) >= 11 is 1.45. The van der Waals surface area contributed by atoms with Gasteiger partial charge in [0.15, 0.2) is 5.13 Å². The molecule has 0 amide bonds. The molecule has 2 aromatic heterocycles. The van der Waals surface area contributed by atoms with Crippen molar-refractivity contribution in [2.24, 2.45) is 0 Å². The molecule has 0 spiro atoms. The lowest BCUT2D eigenvalue weighted by Crippen LogP contribution is -2.00. The Morgan fingerprint density at radius 2 is 2.25 bits per heavy atom. The zero-order chi connectivity index (χ0) is 11.5. The van der Waals surface area contributed by atoms with Gasteiger partial charge >= 0.3 is 0 Å². The monoisotopic (exact) mass is 234 g/mol. The molecule has 0 bridgehead atoms. The van der Waals surface area contributed by atoms with Crippen molar-refractivity contribution in [1.29, 1.82) is 0 Å². The van der Waals surface area contributed by atoms with E-state index in [-0.39, 0.29) is 0 Å². The van der Waals surface area contributed by atoms with Gasteiger partial charge in [0.2, 0.25) is 0 Å². The second-order valence-electron chi connectivity index (χ2n) is 3.76. The van der Waals surface area contributed by atoms with E-state index in [1.807, 2.05) is 30.1 Å². The molecule has 0 aromatic carbocycles. The predicted octanol–water partition coefficient (Wildman–Crippen LogP) is 2.67. The second-order valence-corrected chi connectivity index (χ2v) is 4.65. The first kappa shape index (κ1) is 10.9. The highest BCUT2D eigenvalue weighted by atomic mass is 32.1. The zero-order valence-corrected chi connectivity index (χ0v) is 10.1. The average Bonchev–Trinajstić information content (AvgIpc) is 2.83. The quantitative estimate of drug-likeness (QED) is 0.888. The molecule has 0 fully saturated rings. The van der Waals surface area contributed by atoms with Crippen LogP contribution in [0.2, 0.25) is 0 Å². The SMILES string of the molecule is CC(C)n1cncc1/C=C/c1csc(N)n1. The number of thiazole rings is 1. The Labute approximate surface area is 98.5 Å². The number of rotatable bonds is 3. The molecule has 0 aliphatic rings. The maximum atomic E-state index is 5.56. The van der Waals surface area contributed by atoms with Crippen molar-refractivity contribution in [2.75, 3.05) is 5.73 Å². The van der Waals surface area contributed by atoms with E-state index in [2.05, 4.69) is 28.4 Å². The Morgan fingerprint density at radius 3 is 2.88 bits per heavy atom. The lowest BCUT2D eigenvalue weighted by atomic mass is 10.3. The molecule has 0 aliphatic carbocycles. The summed E-state index contributed by atoms with van der Waals surface area (Å²) in [5, 5.41) is 2.53. The highest BCUT2D eigenvalue weighted by molar-refractivity contribution is 7.13. The molecule has 4 nitrogen and oxygen atoms in total. The normalized spacial score (nSPS) is 11.7. The Hall–Kier alpha value is -1.62. The van der Waals surface area contributed by atoms with E-state index in [0.717, 1.165) is 11.4 Å². The maximum absolute atomic E-state index is 5.56. The molecule has 16 heavy (non-hydrogen) atoms. The molecule has 2 N–H and O–H groups in total. The first-order valence-electron chi connectivity index (χ1n) is 5.07. The molecule has 84 valence electrons. The number of imidazole rings is 1. The summed E-state index contributed by atoms with van der Waals surface area (Å²) in [5.74, 6) is 0. The van der Waals surface area contributed by atoms with Crippen LogP contribution in [0.4, 0.5) is 5.13 Å². The molecular weight excluding hydrogens is 220 g/mol. The number of aromatic nitrogens is 3. The fourth-order valence-electron chi connectivity index (χ4n) is 1.42. The molecular formula is C11H14N4S. The molecule has 5 heteroatoms. The highest BCUT2D eigenvalue weighted by Crippen LogP contribution is 2.15. The first-order chi connectivity index (χ1) is 7.66. The molecule has 0 radical (unpaired) electrons. The van der Waals surface area contributed by atoms with Crippen LogP contribution < -0.4 is 5.73 Å². The van der Waals surface area contributed by atoms with E-state index in [1.165, 1.54) is 11.3 Å². The number of nitrogens with two attached hydrogens (primary N) is 1. The Bertz CT molecular complexity index is 496. The number of anilines is 1. The van der Waals surface area contributed by atoms with Crippen molar-refractivity contribution in [3.63, 3.8) is 0 Å². The number of hydrogen-bond acceptors (Lipinski definition) is 4. The smallest absolute Gasteiger partial charge is 0.180 e. The second kappa shape index (κ2) is 4.49. The largest absolute Gasteiger partial charge is 0.375 e. The van der Waals surface area contributed by atoms with Gasteiger partial charge in [-0.1, -0.05) is 0 Å². The van der Waals surface area contributed by atoms with Gasteiger partial charge < -0.3 is 10.3 Å². The third-order valence-corrected chi connectivity index (χ3v) is 2.91. The van der Waals surface area contributed by atoms with Crippen molar-refractivity contribution in [3.05, 3.63) is 29.3 Å². The Morgan fingerprint density at radius 1 is 1.44 bits per heavy atom. The van der Waals surface area contributed by atoms with Crippen LogP contribution in [0.15, 0.2) is 17.9 Å². The van der Waals surface area contributed by atoms with Crippen LogP contribution in [0, 0.1) is 0 Å². The van der Waals surface area contributed by atoms with Crippen LogP contribution in [0.25, 0.3) is 12.2 Å². The van der Waals surface area contributed by atoms with Gasteiger partial charge in [0.05, 0.1) is 23.9 Å². The average molecular weight is 234 g/mol. The molecule has 0 aliphatic heterocycles. The van der Waals surface area contributed by atoms with E-state index in [4.69, 9.17) is 5.73 Å². The number of nitrogen functional groups attached to an aromatic ring is 1. The molecule has 0 atom stereocenters. The predicted molar refractivity (Wildman–Crippen MR) is 68.1 cm³/mol. The summed E-state index contributed by atoms with van der Waals surface area (Å²) in [6.45, 7) is 4.25. The molecule has 0 unspecified atom stereocenters. The van der Waals surface area contributed by atoms with Crippen LogP contribution in [0.1, 0.15) is 31.3 Å². The van der Waals surface area contributed by atoms with Gasteiger partial charge in [-0.3, -0.25) is 0 Å². The highest BCUT2D eigenvalue weighted by Gasteiger charge is 2.02. The van der Waals surface area contributed by atoms with Crippen molar-refractivity contribution in [1.82, 2.24) is 14.5 Å². The van der Waals surface area contributed by atoms with Crippen molar-refractivity contribution >= 4 is 28.6 Å². The lowest BCUT2D eigenvalue weighted by molar-refractivity contribution is 0.595. The summed E-state index contributed by atoms with van der Waals surface area (Å²) in [4.78, 5) is 8.29. The van der Waals surface area contributed by atoms with E-state index in [0.29, 0.717) is 11.2 Å². The van der Waals surface area contributed by atoms with Crippen LogP contribution in [0.3, 0.4) is 0 Å². The number of nitrogens with zero attached hydrogens (tertiary/aromatic N) is 3. The van der Waals surface area contributed by atoms with Crippen molar-refractivity contribution in [3.8, 4) is 0 Å². The third-order valence-electron chi connectivity index (χ3n) is 2.22. The van der Waals surface area contributed by atoms with Crippen LogP contribution in [-0.4, -0.2) is 14.5 Å². The zero-order valence-electron chi connectivity index (χ0n) is 9.29. The first-order valence-corrected chi connectivity index (χ1v) is 5.95. The van der Waals surface area contributed by atoms with E-state index >= 15 is 0 Å². The molecule has 2 aromatic rings. The van der Waals surface area contributed by atoms with Crippen LogP contribution in [0.5, 0.6) is 0 Å².